The summed E-state index contributed by atoms with van der Waals surface area (Å²) in [6.07, 6.45) is 0. The van der Waals surface area contributed by atoms with Crippen LogP contribution in [0, 0.1) is 0 Å². The molecule has 0 bridgehead atoms. The number of para-hydroxylation sites is 1. The van der Waals surface area contributed by atoms with E-state index in [2.05, 4.69) is 10.6 Å². The number of amides is 2. The van der Waals surface area contributed by atoms with Gasteiger partial charge in [0, 0.05) is 24.0 Å². The fourth-order valence-corrected chi connectivity index (χ4v) is 3.00. The number of hydrogen-bond acceptors (Lipinski definition) is 3. The lowest BCUT2D eigenvalue weighted by Gasteiger charge is -2.18. The third-order valence-corrected chi connectivity index (χ3v) is 4.66. The minimum atomic E-state index is -0.150. The number of anilines is 2. The molecule has 0 saturated carbocycles. The van der Waals surface area contributed by atoms with Crippen LogP contribution in [0.3, 0.4) is 0 Å². The maximum Gasteiger partial charge on any atom is 0.251 e. The Labute approximate surface area is 171 Å². The van der Waals surface area contributed by atoms with Crippen LogP contribution in [0.15, 0.2) is 84.9 Å². The van der Waals surface area contributed by atoms with Gasteiger partial charge in [-0.1, -0.05) is 48.5 Å². The van der Waals surface area contributed by atoms with E-state index < -0.39 is 0 Å². The zero-order valence-electron chi connectivity index (χ0n) is 16.6. The third kappa shape index (κ3) is 5.69. The van der Waals surface area contributed by atoms with Crippen LogP contribution in [0.4, 0.5) is 11.4 Å². The van der Waals surface area contributed by atoms with E-state index in [0.29, 0.717) is 11.3 Å². The molecule has 1 unspecified atom stereocenters. The van der Waals surface area contributed by atoms with Gasteiger partial charge < -0.3 is 15.5 Å². The molecule has 148 valence electrons. The summed E-state index contributed by atoms with van der Waals surface area (Å²) in [6, 6.07) is 26.3. The van der Waals surface area contributed by atoms with Gasteiger partial charge >= 0.3 is 0 Å². The highest BCUT2D eigenvalue weighted by Crippen LogP contribution is 2.15. The fourth-order valence-electron chi connectivity index (χ4n) is 3.00. The zero-order chi connectivity index (χ0) is 20.6. The summed E-state index contributed by atoms with van der Waals surface area (Å²) in [5.74, 6) is -0.269. The van der Waals surface area contributed by atoms with Gasteiger partial charge in [-0.25, -0.2) is 0 Å². The Morgan fingerprint density at radius 1 is 0.862 bits per heavy atom. The van der Waals surface area contributed by atoms with Gasteiger partial charge in [0.25, 0.3) is 5.91 Å². The van der Waals surface area contributed by atoms with Crippen molar-refractivity contribution in [3.63, 3.8) is 0 Å². The van der Waals surface area contributed by atoms with Crippen molar-refractivity contribution in [2.75, 3.05) is 23.8 Å². The van der Waals surface area contributed by atoms with E-state index in [9.17, 15) is 9.59 Å². The first-order valence-corrected chi connectivity index (χ1v) is 9.55. The molecule has 0 aliphatic heterocycles. The lowest BCUT2D eigenvalue weighted by Crippen LogP contribution is -2.30. The van der Waals surface area contributed by atoms with Gasteiger partial charge in [-0.15, -0.1) is 0 Å². The summed E-state index contributed by atoms with van der Waals surface area (Å²) in [5.41, 5.74) is 3.23. The van der Waals surface area contributed by atoms with E-state index in [1.165, 1.54) is 0 Å². The lowest BCUT2D eigenvalue weighted by atomic mass is 10.1. The number of likely N-dealkylation sites (N-methyl/N-ethyl adjacent to an activating group) is 1. The van der Waals surface area contributed by atoms with Gasteiger partial charge in [-0.3, -0.25) is 9.59 Å². The number of hydrogen-bond donors (Lipinski definition) is 2. The van der Waals surface area contributed by atoms with Crippen LogP contribution in [0.5, 0.6) is 0 Å². The summed E-state index contributed by atoms with van der Waals surface area (Å²) in [5, 5.41) is 5.85. The van der Waals surface area contributed by atoms with Gasteiger partial charge in [0.05, 0.1) is 12.6 Å². The molecule has 3 aromatic rings. The van der Waals surface area contributed by atoms with Gasteiger partial charge in [-0.2, -0.15) is 0 Å². The molecule has 5 heteroatoms. The van der Waals surface area contributed by atoms with Crippen LogP contribution in [-0.2, 0) is 4.79 Å². The number of carbonyl (C=O) groups excluding carboxylic acids is 2. The second-order valence-corrected chi connectivity index (χ2v) is 6.92. The smallest absolute Gasteiger partial charge is 0.251 e. The second kappa shape index (κ2) is 9.55. The predicted octanol–water partition coefficient (Wildman–Crippen LogP) is 4.25. The minimum absolute atomic E-state index is 0.0865. The van der Waals surface area contributed by atoms with E-state index in [0.717, 1.165) is 11.3 Å². The molecule has 0 aromatic heterocycles. The van der Waals surface area contributed by atoms with Crippen LogP contribution in [0.25, 0.3) is 0 Å². The van der Waals surface area contributed by atoms with E-state index in [1.807, 2.05) is 79.5 Å². The third-order valence-electron chi connectivity index (χ3n) is 4.66. The van der Waals surface area contributed by atoms with Crippen molar-refractivity contribution < 1.29 is 9.59 Å². The van der Waals surface area contributed by atoms with Crippen molar-refractivity contribution in [2.24, 2.45) is 0 Å². The van der Waals surface area contributed by atoms with Crippen molar-refractivity contribution >= 4 is 23.2 Å². The van der Waals surface area contributed by atoms with Crippen LogP contribution < -0.4 is 15.5 Å². The number of nitrogens with one attached hydrogen (secondary N) is 2. The van der Waals surface area contributed by atoms with E-state index in [4.69, 9.17) is 0 Å². The molecule has 0 heterocycles. The van der Waals surface area contributed by atoms with Crippen molar-refractivity contribution in [1.82, 2.24) is 5.32 Å². The monoisotopic (exact) mass is 387 g/mol. The number of carbonyl (C=O) groups is 2. The molecule has 0 aliphatic rings. The van der Waals surface area contributed by atoms with Gasteiger partial charge in [0.15, 0.2) is 0 Å². The van der Waals surface area contributed by atoms with Crippen LogP contribution in [0.1, 0.15) is 28.9 Å². The Bertz CT molecular complexity index is 941. The molecule has 3 aromatic carbocycles. The van der Waals surface area contributed by atoms with Crippen molar-refractivity contribution in [3.8, 4) is 0 Å². The van der Waals surface area contributed by atoms with Crippen LogP contribution in [-0.4, -0.2) is 25.4 Å². The fraction of sp³-hybridized carbons (Fsp3) is 0.167. The molecule has 5 nitrogen and oxygen atoms in total. The van der Waals surface area contributed by atoms with E-state index in [1.54, 1.807) is 24.3 Å². The highest BCUT2D eigenvalue weighted by Gasteiger charge is 2.12. The molecular formula is C24H25N3O2. The van der Waals surface area contributed by atoms with E-state index in [-0.39, 0.29) is 24.4 Å². The largest absolute Gasteiger partial charge is 0.365 e. The standard InChI is InChI=1S/C24H25N3O2/c1-18(19-9-5-3-6-10-19)25-24(29)20-13-15-21(16-14-20)26-23(28)17-27(2)22-11-7-4-8-12-22/h3-16,18H,17H2,1-2H3,(H,25,29)(H,26,28). The summed E-state index contributed by atoms with van der Waals surface area (Å²) in [6.45, 7) is 2.19. The Morgan fingerprint density at radius 3 is 2.07 bits per heavy atom. The normalized spacial score (nSPS) is 11.4. The molecule has 2 N–H and O–H groups in total. The van der Waals surface area contributed by atoms with Crippen molar-refractivity contribution in [1.29, 1.82) is 0 Å². The number of nitrogens with zero attached hydrogens (tertiary/aromatic N) is 1. The highest BCUT2D eigenvalue weighted by molar-refractivity contribution is 5.97. The van der Waals surface area contributed by atoms with Gasteiger partial charge in [0.1, 0.15) is 0 Å². The van der Waals surface area contributed by atoms with Crippen LogP contribution >= 0.6 is 0 Å². The molecule has 1 atom stereocenters. The molecule has 0 fully saturated rings. The first-order valence-electron chi connectivity index (χ1n) is 9.55. The topological polar surface area (TPSA) is 61.4 Å². The van der Waals surface area contributed by atoms with Gasteiger partial charge in [0.2, 0.25) is 5.91 Å². The maximum atomic E-state index is 12.5. The van der Waals surface area contributed by atoms with Gasteiger partial charge in [-0.05, 0) is 48.9 Å². The molecule has 0 aliphatic carbocycles. The molecular weight excluding hydrogens is 362 g/mol. The summed E-state index contributed by atoms with van der Waals surface area (Å²) < 4.78 is 0. The molecule has 0 radical (unpaired) electrons. The minimum Gasteiger partial charge on any atom is -0.365 e. The molecule has 3 rings (SSSR count). The maximum absolute atomic E-state index is 12.5. The molecule has 2 amide bonds. The molecule has 29 heavy (non-hydrogen) atoms. The highest BCUT2D eigenvalue weighted by atomic mass is 16.2. The number of benzene rings is 3. The average molecular weight is 387 g/mol. The molecule has 0 spiro atoms. The first kappa shape index (κ1) is 20.1. The van der Waals surface area contributed by atoms with Crippen molar-refractivity contribution in [3.05, 3.63) is 96.1 Å². The Kier molecular flexibility index (Phi) is 6.63. The summed E-state index contributed by atoms with van der Waals surface area (Å²) in [4.78, 5) is 26.6. The second-order valence-electron chi connectivity index (χ2n) is 6.92. The SMILES string of the molecule is CC(NC(=O)c1ccc(NC(=O)CN(C)c2ccccc2)cc1)c1ccccc1. The Hall–Kier alpha value is -3.60. The van der Waals surface area contributed by atoms with Crippen molar-refractivity contribution in [2.45, 2.75) is 13.0 Å². The average Bonchev–Trinajstić information content (AvgIpc) is 2.75. The Balaban J connectivity index is 1.54. The Morgan fingerprint density at radius 2 is 1.45 bits per heavy atom. The first-order chi connectivity index (χ1) is 14.0. The summed E-state index contributed by atoms with van der Waals surface area (Å²) >= 11 is 0. The van der Waals surface area contributed by atoms with E-state index >= 15 is 0 Å². The lowest BCUT2D eigenvalue weighted by molar-refractivity contribution is -0.114. The zero-order valence-corrected chi connectivity index (χ0v) is 16.6. The van der Waals surface area contributed by atoms with Crippen LogP contribution in [0.2, 0.25) is 0 Å². The quantitative estimate of drug-likeness (QED) is 0.637. The predicted molar refractivity (Wildman–Crippen MR) is 117 cm³/mol. The molecule has 0 saturated heterocycles. The summed E-state index contributed by atoms with van der Waals surface area (Å²) in [7, 11) is 1.87. The number of rotatable bonds is 7.